The minimum atomic E-state index is -1.69. The predicted molar refractivity (Wildman–Crippen MR) is 127 cm³/mol. The fourth-order valence-corrected chi connectivity index (χ4v) is 4.82. The van der Waals surface area contributed by atoms with Crippen molar-refractivity contribution in [3.8, 4) is 22.7 Å². The first-order valence-corrected chi connectivity index (χ1v) is 13.4. The molecular formula is C22H28BrN5Si. The zero-order valence-electron chi connectivity index (χ0n) is 18.4. The third kappa shape index (κ3) is 3.71. The van der Waals surface area contributed by atoms with Crippen molar-refractivity contribution in [1.29, 1.82) is 0 Å². The van der Waals surface area contributed by atoms with Gasteiger partial charge in [0, 0.05) is 18.3 Å². The van der Waals surface area contributed by atoms with Crippen molar-refractivity contribution in [2.24, 2.45) is 7.05 Å². The molecule has 3 aromatic heterocycles. The van der Waals surface area contributed by atoms with Crippen LogP contribution in [-0.2, 0) is 7.05 Å². The van der Waals surface area contributed by atoms with Crippen LogP contribution in [-0.4, -0.2) is 27.6 Å². The van der Waals surface area contributed by atoms with Crippen molar-refractivity contribution in [3.05, 3.63) is 33.8 Å². The average molecular weight is 470 g/mol. The molecule has 0 saturated carbocycles. The largest absolute Gasteiger partial charge is 0.383 e. The summed E-state index contributed by atoms with van der Waals surface area (Å²) in [6, 6.07) is 2.07. The van der Waals surface area contributed by atoms with Gasteiger partial charge in [0.25, 0.3) is 0 Å². The first-order chi connectivity index (χ1) is 13.3. The van der Waals surface area contributed by atoms with E-state index in [0.29, 0.717) is 5.82 Å². The lowest BCUT2D eigenvalue weighted by atomic mass is 10.0. The summed E-state index contributed by atoms with van der Waals surface area (Å²) in [7, 11) is 0.297. The third-order valence-corrected chi connectivity index (χ3v) is 11.2. The molecule has 5 nitrogen and oxygen atoms in total. The summed E-state index contributed by atoms with van der Waals surface area (Å²) in [4.78, 5) is 13.4. The zero-order chi connectivity index (χ0) is 21.7. The topological polar surface area (TPSA) is 69.6 Å². The molecular weight excluding hydrogens is 442 g/mol. The molecule has 0 bridgehead atoms. The quantitative estimate of drug-likeness (QED) is 0.382. The summed E-state index contributed by atoms with van der Waals surface area (Å²) in [5.41, 5.74) is 15.4. The lowest BCUT2D eigenvalue weighted by Gasteiger charge is -2.31. The molecule has 3 heterocycles. The smallest absolute Gasteiger partial charge is 0.146 e. The molecule has 152 valence electrons. The molecule has 3 aromatic rings. The van der Waals surface area contributed by atoms with Gasteiger partial charge in [0.15, 0.2) is 0 Å². The molecule has 0 aliphatic rings. The Kier molecular flexibility index (Phi) is 5.39. The fourth-order valence-electron chi connectivity index (χ4n) is 3.16. The molecule has 0 radical (unpaired) electrons. The van der Waals surface area contributed by atoms with E-state index in [1.807, 2.05) is 18.5 Å². The maximum Gasteiger partial charge on any atom is 0.146 e. The number of fused-ring (bicyclic) bond motifs is 1. The van der Waals surface area contributed by atoms with Gasteiger partial charge in [-0.25, -0.2) is 15.0 Å². The minimum absolute atomic E-state index is 0.221. The highest BCUT2D eigenvalue weighted by Crippen LogP contribution is 2.40. The van der Waals surface area contributed by atoms with E-state index < -0.39 is 8.07 Å². The van der Waals surface area contributed by atoms with Crippen molar-refractivity contribution in [2.45, 2.75) is 52.8 Å². The highest BCUT2D eigenvalue weighted by atomic mass is 79.9. The van der Waals surface area contributed by atoms with Gasteiger partial charge in [0.05, 0.1) is 15.6 Å². The van der Waals surface area contributed by atoms with Gasteiger partial charge < -0.3 is 10.3 Å². The molecule has 0 spiro atoms. The summed E-state index contributed by atoms with van der Waals surface area (Å²) in [5, 5.41) is 1.05. The Bertz CT molecular complexity index is 1150. The maximum absolute atomic E-state index is 6.11. The number of hydrogen-bond donors (Lipinski definition) is 1. The van der Waals surface area contributed by atoms with Gasteiger partial charge in [-0.1, -0.05) is 39.8 Å². The number of rotatable bonds is 1. The molecule has 2 N–H and O–H groups in total. The van der Waals surface area contributed by atoms with E-state index in [-0.39, 0.29) is 5.04 Å². The van der Waals surface area contributed by atoms with Gasteiger partial charge in [-0.05, 0) is 46.4 Å². The number of nitrogens with two attached hydrogens (primary N) is 1. The van der Waals surface area contributed by atoms with Crippen LogP contribution in [0.15, 0.2) is 16.9 Å². The molecule has 7 heteroatoms. The molecule has 0 aliphatic carbocycles. The van der Waals surface area contributed by atoms with Gasteiger partial charge >= 0.3 is 0 Å². The number of anilines is 1. The van der Waals surface area contributed by atoms with E-state index in [2.05, 4.69) is 84.2 Å². The minimum Gasteiger partial charge on any atom is -0.383 e. The van der Waals surface area contributed by atoms with E-state index in [1.165, 1.54) is 6.33 Å². The summed E-state index contributed by atoms with van der Waals surface area (Å²) in [6.07, 6.45) is 1.49. The Morgan fingerprint density at radius 3 is 2.38 bits per heavy atom. The lowest BCUT2D eigenvalue weighted by molar-refractivity contribution is 0.731. The van der Waals surface area contributed by atoms with Crippen LogP contribution < -0.4 is 5.73 Å². The monoisotopic (exact) mass is 469 g/mol. The molecule has 0 amide bonds. The van der Waals surface area contributed by atoms with Gasteiger partial charge in [-0.15, -0.1) is 5.54 Å². The normalized spacial score (nSPS) is 12.2. The van der Waals surface area contributed by atoms with E-state index in [4.69, 9.17) is 10.7 Å². The van der Waals surface area contributed by atoms with Crippen LogP contribution in [0.1, 0.15) is 37.7 Å². The van der Waals surface area contributed by atoms with Crippen molar-refractivity contribution in [1.82, 2.24) is 19.5 Å². The predicted octanol–water partition coefficient (Wildman–Crippen LogP) is 5.39. The second-order valence-corrected chi connectivity index (χ2v) is 14.9. The van der Waals surface area contributed by atoms with Crippen LogP contribution in [0.5, 0.6) is 0 Å². The maximum atomic E-state index is 6.11. The molecule has 29 heavy (non-hydrogen) atoms. The molecule has 0 fully saturated rings. The molecule has 0 atom stereocenters. The SMILES string of the molecule is Cc1cc(C#C[Si](C)(C)C(C)(C)C)nc(C)c1-c1c(Br)c2c(N)ncnc2n1C. The van der Waals surface area contributed by atoms with Crippen LogP contribution in [0, 0.1) is 25.3 Å². The number of halogens is 1. The number of aromatic nitrogens is 4. The van der Waals surface area contributed by atoms with E-state index in [9.17, 15) is 0 Å². The van der Waals surface area contributed by atoms with E-state index in [0.717, 1.165) is 43.7 Å². The van der Waals surface area contributed by atoms with Crippen molar-refractivity contribution in [3.63, 3.8) is 0 Å². The molecule has 3 rings (SSSR count). The van der Waals surface area contributed by atoms with E-state index >= 15 is 0 Å². The molecule has 0 unspecified atom stereocenters. The van der Waals surface area contributed by atoms with Gasteiger partial charge in [0.2, 0.25) is 0 Å². The van der Waals surface area contributed by atoms with Crippen molar-refractivity contribution >= 4 is 40.9 Å². The Morgan fingerprint density at radius 2 is 1.83 bits per heavy atom. The highest BCUT2D eigenvalue weighted by Gasteiger charge is 2.33. The van der Waals surface area contributed by atoms with Crippen molar-refractivity contribution in [2.75, 3.05) is 5.73 Å². The molecule has 0 saturated heterocycles. The van der Waals surface area contributed by atoms with Crippen LogP contribution in [0.4, 0.5) is 5.82 Å². The van der Waals surface area contributed by atoms with Gasteiger partial charge in [0.1, 0.15) is 31.6 Å². The Labute approximate surface area is 182 Å². The number of aryl methyl sites for hydroxylation is 3. The second kappa shape index (κ2) is 7.26. The number of nitrogens with zero attached hydrogens (tertiary/aromatic N) is 4. The molecule has 0 aliphatic heterocycles. The zero-order valence-corrected chi connectivity index (χ0v) is 21.0. The summed E-state index contributed by atoms with van der Waals surface area (Å²) >= 11 is 3.72. The van der Waals surface area contributed by atoms with Gasteiger partial charge in [-0.3, -0.25) is 0 Å². The van der Waals surface area contributed by atoms with Gasteiger partial charge in [-0.2, -0.15) is 0 Å². The average Bonchev–Trinajstić information content (AvgIpc) is 2.85. The second-order valence-electron chi connectivity index (χ2n) is 9.09. The highest BCUT2D eigenvalue weighted by molar-refractivity contribution is 9.10. The Morgan fingerprint density at radius 1 is 1.17 bits per heavy atom. The summed E-state index contributed by atoms with van der Waals surface area (Å²) in [6.45, 7) is 15.6. The lowest BCUT2D eigenvalue weighted by Crippen LogP contribution is -2.35. The number of hydrogen-bond acceptors (Lipinski definition) is 4. The first kappa shape index (κ1) is 21.5. The van der Waals surface area contributed by atoms with Crippen molar-refractivity contribution < 1.29 is 0 Å². The van der Waals surface area contributed by atoms with Crippen LogP contribution in [0.2, 0.25) is 18.1 Å². The first-order valence-electron chi connectivity index (χ1n) is 9.61. The standard InChI is InChI=1S/C22H28BrN5Si/c1-13-11-15(9-10-29(7,8)22(3,4)5)27-14(2)16(13)19-18(23)17-20(24)25-12-26-21(17)28(19)6/h11-12H,1-8H3,(H2,24,25,26). The fraction of sp³-hybridized carbons (Fsp3) is 0.409. The Balaban J connectivity index is 2.17. The number of pyridine rings is 1. The summed E-state index contributed by atoms with van der Waals surface area (Å²) < 4.78 is 2.93. The van der Waals surface area contributed by atoms with E-state index in [1.54, 1.807) is 0 Å². The Hall–Kier alpha value is -2.17. The van der Waals surface area contributed by atoms with Crippen LogP contribution in [0.25, 0.3) is 22.3 Å². The third-order valence-electron chi connectivity index (χ3n) is 5.95. The summed E-state index contributed by atoms with van der Waals surface area (Å²) in [5.74, 6) is 3.82. The van der Waals surface area contributed by atoms with Crippen LogP contribution >= 0.6 is 15.9 Å². The number of nitrogen functional groups attached to an aromatic ring is 1. The molecule has 0 aromatic carbocycles. The van der Waals surface area contributed by atoms with Crippen LogP contribution in [0.3, 0.4) is 0 Å².